The highest BCUT2D eigenvalue weighted by atomic mass is 15.2. The zero-order valence-electron chi connectivity index (χ0n) is 38.5. The van der Waals surface area contributed by atoms with Gasteiger partial charge in [0.05, 0.1) is 16.8 Å². The molecule has 0 bridgehead atoms. The molecular formula is C59H65N. The number of nitrogens with zero attached hydrogens (tertiary/aromatic N) is 1. The van der Waals surface area contributed by atoms with Gasteiger partial charge in [0.1, 0.15) is 0 Å². The summed E-state index contributed by atoms with van der Waals surface area (Å²) in [4.78, 5) is 2.47. The van der Waals surface area contributed by atoms with Crippen LogP contribution in [-0.2, 0) is 21.7 Å². The first kappa shape index (κ1) is 41.3. The van der Waals surface area contributed by atoms with Crippen molar-refractivity contribution >= 4 is 22.6 Å². The van der Waals surface area contributed by atoms with Gasteiger partial charge in [-0.25, -0.2) is 0 Å². The third-order valence-electron chi connectivity index (χ3n) is 13.6. The predicted molar refractivity (Wildman–Crippen MR) is 260 cm³/mol. The smallest absolute Gasteiger partial charge is 0.0697 e. The van der Waals surface area contributed by atoms with Crippen molar-refractivity contribution in [3.05, 3.63) is 190 Å². The van der Waals surface area contributed by atoms with Crippen molar-refractivity contribution in [2.45, 2.75) is 118 Å². The van der Waals surface area contributed by atoms with E-state index in [2.05, 4.69) is 207 Å². The normalized spacial score (nSPS) is 17.3. The molecule has 1 heterocycles. The first-order valence-corrected chi connectivity index (χ1v) is 22.7. The Labute approximate surface area is 361 Å². The van der Waals surface area contributed by atoms with Gasteiger partial charge in [-0.15, -0.1) is 0 Å². The molecule has 1 aliphatic heterocycles. The minimum absolute atomic E-state index is 0.0224. The predicted octanol–water partition coefficient (Wildman–Crippen LogP) is 16.8. The molecule has 10 rings (SSSR count). The zero-order valence-corrected chi connectivity index (χ0v) is 38.5. The molecule has 0 amide bonds. The summed E-state index contributed by atoms with van der Waals surface area (Å²) in [5.74, 6) is 0.400. The molecule has 60 heavy (non-hydrogen) atoms. The van der Waals surface area contributed by atoms with E-state index < -0.39 is 5.41 Å². The van der Waals surface area contributed by atoms with E-state index in [1.54, 1.807) is 5.57 Å². The van der Waals surface area contributed by atoms with Gasteiger partial charge in [0, 0.05) is 11.1 Å². The monoisotopic (exact) mass is 788 g/mol. The summed E-state index contributed by atoms with van der Waals surface area (Å²) in [6.45, 7) is 29.3. The first-order chi connectivity index (χ1) is 28.7. The number of hydrogen-bond donors (Lipinski definition) is 0. The van der Waals surface area contributed by atoms with Gasteiger partial charge in [-0.3, -0.25) is 0 Å². The fourth-order valence-electron chi connectivity index (χ4n) is 10.8. The molecular weight excluding hydrogens is 723 g/mol. The number of fused-ring (bicyclic) bond motifs is 11. The largest absolute Gasteiger partial charge is 0.310 e. The average molecular weight is 788 g/mol. The van der Waals surface area contributed by atoms with Crippen LogP contribution in [-0.4, -0.2) is 0 Å². The molecule has 1 unspecified atom stereocenters. The number of hydrogen-bond acceptors (Lipinski definition) is 1. The van der Waals surface area contributed by atoms with E-state index >= 15 is 0 Å². The second kappa shape index (κ2) is 14.9. The lowest BCUT2D eigenvalue weighted by molar-refractivity contribution is 0.572. The summed E-state index contributed by atoms with van der Waals surface area (Å²) in [5, 5.41) is 0. The molecule has 1 nitrogen and oxygen atoms in total. The minimum Gasteiger partial charge on any atom is -0.310 e. The van der Waals surface area contributed by atoms with Crippen LogP contribution in [0.15, 0.2) is 145 Å². The van der Waals surface area contributed by atoms with Crippen molar-refractivity contribution in [1.29, 1.82) is 0 Å². The van der Waals surface area contributed by atoms with Gasteiger partial charge in [-0.05, 0) is 125 Å². The second-order valence-electron chi connectivity index (χ2n) is 19.4. The molecule has 0 N–H and O–H groups in total. The van der Waals surface area contributed by atoms with Gasteiger partial charge in [-0.2, -0.15) is 0 Å². The van der Waals surface area contributed by atoms with Gasteiger partial charge >= 0.3 is 0 Å². The van der Waals surface area contributed by atoms with Crippen LogP contribution in [0.4, 0.5) is 17.1 Å². The van der Waals surface area contributed by atoms with Crippen LogP contribution >= 0.6 is 0 Å². The minimum atomic E-state index is -0.395. The van der Waals surface area contributed by atoms with Crippen LogP contribution in [0.25, 0.3) is 27.8 Å². The van der Waals surface area contributed by atoms with E-state index in [1.165, 1.54) is 89.4 Å². The Morgan fingerprint density at radius 2 is 1.03 bits per heavy atom. The van der Waals surface area contributed by atoms with Crippen LogP contribution in [0.1, 0.15) is 141 Å². The van der Waals surface area contributed by atoms with E-state index in [0.29, 0.717) is 5.92 Å². The number of rotatable bonds is 2. The van der Waals surface area contributed by atoms with Crippen molar-refractivity contribution in [3.8, 4) is 22.3 Å². The van der Waals surface area contributed by atoms with Gasteiger partial charge in [0.15, 0.2) is 0 Å². The third-order valence-corrected chi connectivity index (χ3v) is 13.6. The highest BCUT2D eigenvalue weighted by Gasteiger charge is 2.55. The van der Waals surface area contributed by atoms with Crippen LogP contribution in [0.5, 0.6) is 0 Å². The van der Waals surface area contributed by atoms with E-state index in [4.69, 9.17) is 0 Å². The van der Waals surface area contributed by atoms with Gasteiger partial charge in [-0.1, -0.05) is 205 Å². The summed E-state index contributed by atoms with van der Waals surface area (Å²) < 4.78 is 0. The molecule has 1 atom stereocenters. The molecule has 0 saturated carbocycles. The fraction of sp³-hybridized carbons (Fsp3) is 0.322. The highest BCUT2D eigenvalue weighted by Crippen LogP contribution is 2.67. The maximum absolute atomic E-state index is 2.59. The summed E-state index contributed by atoms with van der Waals surface area (Å²) >= 11 is 0. The van der Waals surface area contributed by atoms with Crippen molar-refractivity contribution in [1.82, 2.24) is 0 Å². The first-order valence-electron chi connectivity index (χ1n) is 22.7. The fourth-order valence-corrected chi connectivity index (χ4v) is 10.8. The molecule has 0 radical (unpaired) electrons. The summed E-state index contributed by atoms with van der Waals surface area (Å²) in [5.41, 5.74) is 22.8. The van der Waals surface area contributed by atoms with Crippen molar-refractivity contribution in [3.63, 3.8) is 0 Å². The molecule has 0 fully saturated rings. The van der Waals surface area contributed by atoms with Crippen molar-refractivity contribution < 1.29 is 0 Å². The Morgan fingerprint density at radius 3 is 1.55 bits per heavy atom. The maximum atomic E-state index is 2.59. The van der Waals surface area contributed by atoms with Crippen LogP contribution < -0.4 is 4.90 Å². The highest BCUT2D eigenvalue weighted by molar-refractivity contribution is 6.01. The SMILES string of the molecule is CC.CC.CC1CC=CC2=C1C1(c3cc(C(C)(C)C)ccc3-c3ccc(C(C)(C)C)cc31)c1c2cccc1-c1ccc(N2c3ccccc3C(C)(C)c3ccccc32)cc1. The molecule has 1 heteroatoms. The summed E-state index contributed by atoms with van der Waals surface area (Å²) in [6.07, 6.45) is 5.91. The van der Waals surface area contributed by atoms with Crippen molar-refractivity contribution in [2.75, 3.05) is 4.90 Å². The molecule has 0 aromatic heterocycles. The van der Waals surface area contributed by atoms with E-state index in [-0.39, 0.29) is 16.2 Å². The molecule has 3 aliphatic carbocycles. The van der Waals surface area contributed by atoms with E-state index in [0.717, 1.165) is 6.42 Å². The maximum Gasteiger partial charge on any atom is 0.0697 e. The molecule has 0 saturated heterocycles. The average Bonchev–Trinajstić information content (AvgIpc) is 3.72. The van der Waals surface area contributed by atoms with Gasteiger partial charge in [0.2, 0.25) is 0 Å². The van der Waals surface area contributed by atoms with Gasteiger partial charge < -0.3 is 4.90 Å². The van der Waals surface area contributed by atoms with E-state index in [1.807, 2.05) is 27.7 Å². The third kappa shape index (κ3) is 6.01. The Kier molecular flexibility index (Phi) is 10.3. The number of benzene rings is 6. The number of anilines is 3. The zero-order chi connectivity index (χ0) is 42.9. The lowest BCUT2D eigenvalue weighted by Gasteiger charge is -2.42. The molecule has 6 aromatic carbocycles. The Morgan fingerprint density at radius 1 is 0.533 bits per heavy atom. The number of para-hydroxylation sites is 2. The Balaban J connectivity index is 0.00000121. The molecule has 306 valence electrons. The van der Waals surface area contributed by atoms with Crippen LogP contribution in [0, 0.1) is 5.92 Å². The topological polar surface area (TPSA) is 3.24 Å². The quantitative estimate of drug-likeness (QED) is 0.169. The molecule has 6 aromatic rings. The summed E-state index contributed by atoms with van der Waals surface area (Å²) in [7, 11) is 0. The lowest BCUT2D eigenvalue weighted by atomic mass is 9.63. The molecule has 1 spiro atoms. The summed E-state index contributed by atoms with van der Waals surface area (Å²) in [6, 6.07) is 49.3. The van der Waals surface area contributed by atoms with E-state index in [9.17, 15) is 0 Å². The van der Waals surface area contributed by atoms with Gasteiger partial charge in [0.25, 0.3) is 0 Å². The van der Waals surface area contributed by atoms with Crippen molar-refractivity contribution in [2.24, 2.45) is 5.92 Å². The Hall–Kier alpha value is -5.40. The second-order valence-corrected chi connectivity index (χ2v) is 19.4. The lowest BCUT2D eigenvalue weighted by Crippen LogP contribution is -2.32. The number of allylic oxidation sites excluding steroid dienone is 4. The Bertz CT molecular complexity index is 2550. The molecule has 4 aliphatic rings. The van der Waals surface area contributed by atoms with Crippen LogP contribution in [0.2, 0.25) is 0 Å². The van der Waals surface area contributed by atoms with Crippen LogP contribution in [0.3, 0.4) is 0 Å². The standard InChI is InChI=1S/C55H53N.2C2H6/c1-34-16-14-18-42-43-19-15-17-39(35-24-28-38(29-25-35)56-48-22-12-10-20-44(48)54(8,9)45-21-11-13-23-49(45)56)51(43)55(50(34)42)46-32-36(52(2,3)4)26-30-40(46)41-31-27-37(33-47(41)55)53(5,6)7;2*1-2/h10-15,17-34H,16H2,1-9H3;2*1-2H3.